The van der Waals surface area contributed by atoms with E-state index in [9.17, 15) is 9.59 Å². The number of pyridine rings is 2. The Morgan fingerprint density at radius 2 is 1.97 bits per heavy atom. The molecule has 1 aromatic carbocycles. The van der Waals surface area contributed by atoms with Crippen LogP contribution in [-0.2, 0) is 11.3 Å². The number of hydrogen-bond acceptors (Lipinski definition) is 7. The topological polar surface area (TPSA) is 111 Å². The van der Waals surface area contributed by atoms with Gasteiger partial charge in [-0.15, -0.1) is 0 Å². The first kappa shape index (κ1) is 24.0. The normalized spacial score (nSPS) is 15.6. The van der Waals surface area contributed by atoms with E-state index >= 15 is 0 Å². The number of carbonyl (C=O) groups is 2. The maximum atomic E-state index is 13.2. The molecule has 35 heavy (non-hydrogen) atoms. The summed E-state index contributed by atoms with van der Waals surface area (Å²) in [5, 5.41) is 12.8. The van der Waals surface area contributed by atoms with Gasteiger partial charge in [0.25, 0.3) is 0 Å². The molecule has 1 saturated heterocycles. The molecule has 1 fully saturated rings. The number of nitrogens with one attached hydrogen (secondary N) is 1. The van der Waals surface area contributed by atoms with Crippen molar-refractivity contribution in [1.82, 2.24) is 19.8 Å². The molecule has 0 aliphatic carbocycles. The highest BCUT2D eigenvalue weighted by Crippen LogP contribution is 2.25. The first-order chi connectivity index (χ1) is 17.0. The van der Waals surface area contributed by atoms with Crippen LogP contribution in [0, 0.1) is 11.3 Å². The number of carbonyl (C=O) groups excluding carboxylic acids is 2. The predicted molar refractivity (Wildman–Crippen MR) is 130 cm³/mol. The summed E-state index contributed by atoms with van der Waals surface area (Å²) in [5.74, 6) is 0.957. The molecule has 3 heterocycles. The Kier molecular flexibility index (Phi) is 7.43. The van der Waals surface area contributed by atoms with Crippen molar-refractivity contribution in [2.75, 3.05) is 11.9 Å². The molecule has 0 radical (unpaired) electrons. The third-order valence-corrected chi connectivity index (χ3v) is 5.60. The average Bonchev–Trinajstić information content (AvgIpc) is 2.86. The zero-order valence-electron chi connectivity index (χ0n) is 19.0. The molecule has 1 atom stereocenters. The van der Waals surface area contributed by atoms with Crippen molar-refractivity contribution < 1.29 is 14.3 Å². The lowest BCUT2D eigenvalue weighted by atomic mass is 10.1. The van der Waals surface area contributed by atoms with Gasteiger partial charge in [0.2, 0.25) is 11.8 Å². The van der Waals surface area contributed by atoms with Crippen molar-refractivity contribution in [3.63, 3.8) is 0 Å². The molecule has 1 N–H and O–H groups in total. The van der Waals surface area contributed by atoms with E-state index in [0.29, 0.717) is 36.1 Å². The number of nitriles is 1. The van der Waals surface area contributed by atoms with Crippen LogP contribution in [0.2, 0.25) is 5.02 Å². The number of urea groups is 1. The molecular formula is C25H23ClN6O3. The standard InChI is InChI=1S/C25H23ClN6O3/c1-2-12-31-24(33)13-22(32(25(31)34)16-17-6-8-18(26)9-7-17)30-21-11-10-20(15-28-21)35-23-5-3-4-19(14-27)29-23/h3-11,15,22H,2,12-13,16H2,1H3,(H,28,30). The maximum Gasteiger partial charge on any atom is 0.328 e. The van der Waals surface area contributed by atoms with E-state index < -0.39 is 6.17 Å². The number of rotatable bonds is 8. The molecule has 1 aliphatic heterocycles. The first-order valence-electron chi connectivity index (χ1n) is 11.1. The Morgan fingerprint density at radius 1 is 1.17 bits per heavy atom. The summed E-state index contributed by atoms with van der Waals surface area (Å²) in [6, 6.07) is 17.1. The van der Waals surface area contributed by atoms with E-state index in [0.717, 1.165) is 5.56 Å². The molecule has 3 amide bonds. The summed E-state index contributed by atoms with van der Waals surface area (Å²) in [7, 11) is 0. The van der Waals surface area contributed by atoms with Gasteiger partial charge >= 0.3 is 6.03 Å². The zero-order chi connectivity index (χ0) is 24.8. The molecule has 4 rings (SSSR count). The lowest BCUT2D eigenvalue weighted by molar-refractivity contribution is -0.132. The van der Waals surface area contributed by atoms with Crippen LogP contribution in [0.4, 0.5) is 10.6 Å². The van der Waals surface area contributed by atoms with Gasteiger partial charge in [-0.25, -0.2) is 14.8 Å². The predicted octanol–water partition coefficient (Wildman–Crippen LogP) is 4.80. The average molecular weight is 491 g/mol. The minimum Gasteiger partial charge on any atom is -0.437 e. The SMILES string of the molecule is CCCN1C(=O)CC(Nc2ccc(Oc3cccc(C#N)n3)cn2)N(Cc2ccc(Cl)cc2)C1=O. The van der Waals surface area contributed by atoms with E-state index in [-0.39, 0.29) is 29.9 Å². The fraction of sp³-hybridized carbons (Fsp3) is 0.240. The van der Waals surface area contributed by atoms with Gasteiger partial charge in [-0.2, -0.15) is 5.26 Å². The van der Waals surface area contributed by atoms with Gasteiger partial charge in [-0.3, -0.25) is 14.6 Å². The van der Waals surface area contributed by atoms with E-state index in [4.69, 9.17) is 21.6 Å². The molecule has 0 saturated carbocycles. The van der Waals surface area contributed by atoms with Crippen LogP contribution < -0.4 is 10.1 Å². The Labute approximate surface area is 207 Å². The van der Waals surface area contributed by atoms with Gasteiger partial charge < -0.3 is 10.1 Å². The van der Waals surface area contributed by atoms with E-state index in [2.05, 4.69) is 15.3 Å². The molecule has 10 heteroatoms. The Balaban J connectivity index is 1.50. The largest absolute Gasteiger partial charge is 0.437 e. The number of hydrogen-bond donors (Lipinski definition) is 1. The third kappa shape index (κ3) is 5.86. The number of amides is 3. The molecule has 3 aromatic rings. The number of halogens is 1. The highest BCUT2D eigenvalue weighted by molar-refractivity contribution is 6.30. The highest BCUT2D eigenvalue weighted by Gasteiger charge is 2.38. The quantitative estimate of drug-likeness (QED) is 0.482. The minimum absolute atomic E-state index is 0.115. The van der Waals surface area contributed by atoms with Crippen molar-refractivity contribution in [2.45, 2.75) is 32.5 Å². The van der Waals surface area contributed by atoms with Crippen LogP contribution in [0.5, 0.6) is 11.6 Å². The summed E-state index contributed by atoms with van der Waals surface area (Å²) in [6.45, 7) is 2.60. The van der Waals surface area contributed by atoms with E-state index in [1.807, 2.05) is 25.1 Å². The molecule has 0 spiro atoms. The van der Waals surface area contributed by atoms with Gasteiger partial charge in [0.1, 0.15) is 29.5 Å². The lowest BCUT2D eigenvalue weighted by Crippen LogP contribution is -2.59. The summed E-state index contributed by atoms with van der Waals surface area (Å²) < 4.78 is 5.66. The molecule has 178 valence electrons. The lowest BCUT2D eigenvalue weighted by Gasteiger charge is -2.40. The van der Waals surface area contributed by atoms with Crippen LogP contribution in [0.3, 0.4) is 0 Å². The number of benzene rings is 1. The zero-order valence-corrected chi connectivity index (χ0v) is 19.8. The van der Waals surface area contributed by atoms with Crippen LogP contribution in [0.1, 0.15) is 31.0 Å². The molecule has 9 nitrogen and oxygen atoms in total. The van der Waals surface area contributed by atoms with Gasteiger partial charge in [-0.05, 0) is 42.3 Å². The van der Waals surface area contributed by atoms with Crippen molar-refractivity contribution in [3.05, 3.63) is 77.1 Å². The second-order valence-corrected chi connectivity index (χ2v) is 8.34. The minimum atomic E-state index is -0.577. The van der Waals surface area contributed by atoms with Gasteiger partial charge in [-0.1, -0.05) is 36.7 Å². The molecule has 0 bridgehead atoms. The van der Waals surface area contributed by atoms with E-state index in [1.54, 1.807) is 47.4 Å². The molecule has 2 aromatic heterocycles. The molecule has 1 aliphatic rings. The van der Waals surface area contributed by atoms with Crippen LogP contribution in [0.25, 0.3) is 0 Å². The van der Waals surface area contributed by atoms with Gasteiger partial charge in [0.15, 0.2) is 0 Å². The molecule has 1 unspecified atom stereocenters. The summed E-state index contributed by atoms with van der Waals surface area (Å²) >= 11 is 6.00. The Bertz CT molecular complexity index is 1240. The van der Waals surface area contributed by atoms with Crippen LogP contribution in [-0.4, -0.2) is 44.4 Å². The number of ether oxygens (including phenoxy) is 1. The van der Waals surface area contributed by atoms with Crippen LogP contribution in [0.15, 0.2) is 60.8 Å². The fourth-order valence-electron chi connectivity index (χ4n) is 3.67. The van der Waals surface area contributed by atoms with Gasteiger partial charge in [0, 0.05) is 24.2 Å². The second kappa shape index (κ2) is 10.8. The van der Waals surface area contributed by atoms with E-state index in [1.165, 1.54) is 11.1 Å². The monoisotopic (exact) mass is 490 g/mol. The summed E-state index contributed by atoms with van der Waals surface area (Å²) in [6.07, 6.45) is 1.72. The van der Waals surface area contributed by atoms with Crippen molar-refractivity contribution in [1.29, 1.82) is 5.26 Å². The number of anilines is 1. The smallest absolute Gasteiger partial charge is 0.328 e. The maximum absolute atomic E-state index is 13.2. The Hall–Kier alpha value is -4.16. The van der Waals surface area contributed by atoms with Crippen molar-refractivity contribution in [2.24, 2.45) is 0 Å². The third-order valence-electron chi connectivity index (χ3n) is 5.35. The van der Waals surface area contributed by atoms with Crippen molar-refractivity contribution >= 4 is 29.4 Å². The van der Waals surface area contributed by atoms with Gasteiger partial charge in [0.05, 0.1) is 12.6 Å². The van der Waals surface area contributed by atoms with Crippen molar-refractivity contribution in [3.8, 4) is 17.7 Å². The number of nitrogens with zero attached hydrogens (tertiary/aromatic N) is 5. The summed E-state index contributed by atoms with van der Waals surface area (Å²) in [4.78, 5) is 37.3. The first-order valence-corrected chi connectivity index (χ1v) is 11.5. The van der Waals surface area contributed by atoms with Crippen LogP contribution >= 0.6 is 11.6 Å². The second-order valence-electron chi connectivity index (χ2n) is 7.90. The number of imide groups is 1. The highest BCUT2D eigenvalue weighted by atomic mass is 35.5. The summed E-state index contributed by atoms with van der Waals surface area (Å²) in [5.41, 5.74) is 1.14. The fourth-order valence-corrected chi connectivity index (χ4v) is 3.80. The molecular weight excluding hydrogens is 468 g/mol. The number of aromatic nitrogens is 2. The Morgan fingerprint density at radius 3 is 2.66 bits per heavy atom.